The monoisotopic (exact) mass is 206 g/mol. The zero-order valence-electron chi connectivity index (χ0n) is 8.19. The Labute approximate surface area is 85.8 Å². The fraction of sp³-hybridized carbons (Fsp3) is 0.200. The summed E-state index contributed by atoms with van der Waals surface area (Å²) in [5, 5.41) is 4.57. The molecule has 78 valence electrons. The first kappa shape index (κ1) is 9.51. The zero-order valence-corrected chi connectivity index (χ0v) is 8.19. The van der Waals surface area contributed by atoms with Crippen molar-refractivity contribution in [1.29, 1.82) is 0 Å². The van der Waals surface area contributed by atoms with Crippen molar-refractivity contribution in [2.24, 2.45) is 5.73 Å². The first-order valence-corrected chi connectivity index (χ1v) is 4.41. The molecule has 0 radical (unpaired) electrons. The van der Waals surface area contributed by atoms with E-state index < -0.39 is 5.91 Å². The summed E-state index contributed by atoms with van der Waals surface area (Å²) in [4.78, 5) is 10.7. The molecule has 0 spiro atoms. The lowest BCUT2D eigenvalue weighted by atomic mass is 10.1. The lowest BCUT2D eigenvalue weighted by Crippen LogP contribution is -2.13. The molecule has 0 saturated heterocycles. The van der Waals surface area contributed by atoms with Crippen LogP contribution in [0.1, 0.15) is 5.69 Å². The minimum Gasteiger partial charge on any atom is -0.497 e. The number of rotatable bonds is 3. The summed E-state index contributed by atoms with van der Waals surface area (Å²) in [5.74, 6) is 0.255. The fourth-order valence-corrected chi connectivity index (χ4v) is 1.39. The van der Waals surface area contributed by atoms with Gasteiger partial charge in [-0.3, -0.25) is 4.79 Å². The first-order chi connectivity index (χ1) is 7.20. The van der Waals surface area contributed by atoms with Crippen molar-refractivity contribution in [3.05, 3.63) is 23.9 Å². The zero-order chi connectivity index (χ0) is 10.8. The minimum atomic E-state index is -0.430. The number of hydrogen-bond acceptors (Lipinski definition) is 4. The number of carbonyl (C=O) groups is 1. The van der Waals surface area contributed by atoms with Crippen LogP contribution in [-0.4, -0.2) is 18.2 Å². The van der Waals surface area contributed by atoms with Crippen LogP contribution < -0.4 is 10.5 Å². The van der Waals surface area contributed by atoms with Gasteiger partial charge in [-0.25, -0.2) is 0 Å². The number of benzene rings is 1. The highest BCUT2D eigenvalue weighted by atomic mass is 16.5. The molecule has 0 saturated carbocycles. The number of aromatic nitrogens is 1. The van der Waals surface area contributed by atoms with Crippen LogP contribution in [0, 0.1) is 0 Å². The lowest BCUT2D eigenvalue weighted by Gasteiger charge is -1.97. The van der Waals surface area contributed by atoms with Crippen molar-refractivity contribution >= 4 is 16.9 Å². The van der Waals surface area contributed by atoms with Crippen LogP contribution in [0.5, 0.6) is 5.75 Å². The molecule has 5 nitrogen and oxygen atoms in total. The van der Waals surface area contributed by atoms with Crippen molar-refractivity contribution in [1.82, 2.24) is 5.16 Å². The third kappa shape index (κ3) is 1.76. The number of hydrogen-bond donors (Lipinski definition) is 1. The Kier molecular flexibility index (Phi) is 2.29. The van der Waals surface area contributed by atoms with Crippen LogP contribution in [0.25, 0.3) is 11.0 Å². The second-order valence-corrected chi connectivity index (χ2v) is 3.13. The summed E-state index contributed by atoms with van der Waals surface area (Å²) < 4.78 is 10.1. The second-order valence-electron chi connectivity index (χ2n) is 3.13. The van der Waals surface area contributed by atoms with Gasteiger partial charge < -0.3 is 15.0 Å². The van der Waals surface area contributed by atoms with Gasteiger partial charge in [0.15, 0.2) is 5.58 Å². The van der Waals surface area contributed by atoms with E-state index in [0.29, 0.717) is 17.0 Å². The Morgan fingerprint density at radius 3 is 3.07 bits per heavy atom. The number of methoxy groups -OCH3 is 1. The minimum absolute atomic E-state index is 0.0827. The molecule has 0 aliphatic rings. The van der Waals surface area contributed by atoms with Crippen LogP contribution in [0.15, 0.2) is 22.7 Å². The van der Waals surface area contributed by atoms with Gasteiger partial charge in [0.1, 0.15) is 11.4 Å². The van der Waals surface area contributed by atoms with Crippen LogP contribution in [-0.2, 0) is 11.2 Å². The summed E-state index contributed by atoms with van der Waals surface area (Å²) in [6, 6.07) is 5.29. The highest BCUT2D eigenvalue weighted by molar-refractivity contribution is 5.86. The Bertz CT molecular complexity index is 504. The summed E-state index contributed by atoms with van der Waals surface area (Å²) >= 11 is 0. The molecule has 1 heterocycles. The van der Waals surface area contributed by atoms with E-state index in [-0.39, 0.29) is 6.42 Å². The number of primary amides is 1. The molecular formula is C10H10N2O3. The first-order valence-electron chi connectivity index (χ1n) is 4.41. The average molecular weight is 206 g/mol. The van der Waals surface area contributed by atoms with Gasteiger partial charge in [-0.2, -0.15) is 0 Å². The van der Waals surface area contributed by atoms with E-state index in [1.807, 2.05) is 0 Å². The SMILES string of the molecule is COc1ccc2c(CC(N)=O)noc2c1. The van der Waals surface area contributed by atoms with Gasteiger partial charge in [-0.1, -0.05) is 5.16 Å². The number of fused-ring (bicyclic) bond motifs is 1. The summed E-state index contributed by atoms with van der Waals surface area (Å²) in [5.41, 5.74) is 6.23. The molecule has 1 amide bonds. The maximum Gasteiger partial charge on any atom is 0.223 e. The number of ether oxygens (including phenoxy) is 1. The third-order valence-corrected chi connectivity index (χ3v) is 2.10. The van der Waals surface area contributed by atoms with Crippen molar-refractivity contribution in [2.75, 3.05) is 7.11 Å². The molecule has 0 aliphatic heterocycles. The number of amides is 1. The Morgan fingerprint density at radius 2 is 2.40 bits per heavy atom. The van der Waals surface area contributed by atoms with E-state index in [9.17, 15) is 4.79 Å². The molecule has 2 N–H and O–H groups in total. The standard InChI is InChI=1S/C10H10N2O3/c1-14-6-2-3-7-8(5-10(11)13)12-15-9(7)4-6/h2-4H,5H2,1H3,(H2,11,13). The van der Waals surface area contributed by atoms with Crippen LogP contribution in [0.3, 0.4) is 0 Å². The van der Waals surface area contributed by atoms with Crippen LogP contribution in [0.4, 0.5) is 0 Å². The van der Waals surface area contributed by atoms with Gasteiger partial charge in [0.25, 0.3) is 0 Å². The number of nitrogens with zero attached hydrogens (tertiary/aromatic N) is 1. The van der Waals surface area contributed by atoms with Gasteiger partial charge in [0, 0.05) is 11.5 Å². The maximum absolute atomic E-state index is 10.7. The van der Waals surface area contributed by atoms with Gasteiger partial charge in [0.05, 0.1) is 13.5 Å². The molecule has 1 aromatic carbocycles. The average Bonchev–Trinajstić information content (AvgIpc) is 2.60. The molecule has 0 fully saturated rings. The second kappa shape index (κ2) is 3.61. The van der Waals surface area contributed by atoms with Crippen molar-refractivity contribution in [2.45, 2.75) is 6.42 Å². The molecule has 0 atom stereocenters. The predicted octanol–water partition coefficient (Wildman–Crippen LogP) is 0.864. The topological polar surface area (TPSA) is 78.4 Å². The molecule has 1 aromatic heterocycles. The molecule has 0 aliphatic carbocycles. The highest BCUT2D eigenvalue weighted by Crippen LogP contribution is 2.23. The lowest BCUT2D eigenvalue weighted by molar-refractivity contribution is -0.117. The van der Waals surface area contributed by atoms with Crippen molar-refractivity contribution < 1.29 is 14.1 Å². The number of carbonyl (C=O) groups excluding carboxylic acids is 1. The van der Waals surface area contributed by atoms with E-state index in [2.05, 4.69) is 5.16 Å². The summed E-state index contributed by atoms with van der Waals surface area (Å²) in [6.45, 7) is 0. The Hall–Kier alpha value is -2.04. The van der Waals surface area contributed by atoms with E-state index in [4.69, 9.17) is 15.0 Å². The molecule has 0 unspecified atom stereocenters. The summed E-state index contributed by atoms with van der Waals surface area (Å²) in [7, 11) is 1.57. The Balaban J connectivity index is 2.47. The molecule has 2 rings (SSSR count). The van der Waals surface area contributed by atoms with E-state index in [1.54, 1.807) is 25.3 Å². The normalized spacial score (nSPS) is 10.5. The third-order valence-electron chi connectivity index (χ3n) is 2.10. The van der Waals surface area contributed by atoms with Gasteiger partial charge in [0.2, 0.25) is 5.91 Å². The van der Waals surface area contributed by atoms with E-state index in [1.165, 1.54) is 0 Å². The van der Waals surface area contributed by atoms with Crippen LogP contribution in [0.2, 0.25) is 0 Å². The smallest absolute Gasteiger partial charge is 0.223 e. The van der Waals surface area contributed by atoms with Gasteiger partial charge in [-0.15, -0.1) is 0 Å². The number of nitrogens with two attached hydrogens (primary N) is 1. The molecule has 15 heavy (non-hydrogen) atoms. The Morgan fingerprint density at radius 1 is 1.60 bits per heavy atom. The van der Waals surface area contributed by atoms with Gasteiger partial charge in [-0.05, 0) is 12.1 Å². The molecule has 2 aromatic rings. The molecule has 5 heteroatoms. The van der Waals surface area contributed by atoms with Crippen molar-refractivity contribution in [3.63, 3.8) is 0 Å². The van der Waals surface area contributed by atoms with Crippen LogP contribution >= 0.6 is 0 Å². The molecular weight excluding hydrogens is 196 g/mol. The summed E-state index contributed by atoms with van der Waals surface area (Å²) in [6.07, 6.45) is 0.0827. The predicted molar refractivity (Wildman–Crippen MR) is 53.5 cm³/mol. The molecule has 0 bridgehead atoms. The fourth-order valence-electron chi connectivity index (χ4n) is 1.39. The quantitative estimate of drug-likeness (QED) is 0.807. The maximum atomic E-state index is 10.7. The van der Waals surface area contributed by atoms with E-state index >= 15 is 0 Å². The highest BCUT2D eigenvalue weighted by Gasteiger charge is 2.10. The van der Waals surface area contributed by atoms with Crippen molar-refractivity contribution in [3.8, 4) is 5.75 Å². The largest absolute Gasteiger partial charge is 0.497 e. The van der Waals surface area contributed by atoms with Gasteiger partial charge >= 0.3 is 0 Å². The van der Waals surface area contributed by atoms with E-state index in [0.717, 1.165) is 5.39 Å².